The molecule has 1 atom stereocenters. The van der Waals surface area contributed by atoms with Crippen molar-refractivity contribution >= 4 is 46.6 Å². The van der Waals surface area contributed by atoms with Gasteiger partial charge in [-0.25, -0.2) is 0 Å². The highest BCUT2D eigenvalue weighted by molar-refractivity contribution is 7.99. The molecule has 8 heteroatoms. The number of anilines is 2. The first-order valence-corrected chi connectivity index (χ1v) is 11.6. The van der Waals surface area contributed by atoms with Crippen LogP contribution in [-0.4, -0.2) is 32.6 Å². The minimum absolute atomic E-state index is 0.0957. The van der Waals surface area contributed by atoms with Gasteiger partial charge in [0, 0.05) is 27.3 Å². The van der Waals surface area contributed by atoms with E-state index in [2.05, 4.69) is 5.32 Å². The number of carbonyl (C=O) groups is 2. The van der Waals surface area contributed by atoms with Gasteiger partial charge in [0.2, 0.25) is 11.8 Å². The summed E-state index contributed by atoms with van der Waals surface area (Å²) in [6.07, 6.45) is 0.235. The first-order chi connectivity index (χ1) is 16.0. The number of hydrogen-bond donors (Lipinski definition) is 1. The topological polar surface area (TPSA) is 67.9 Å². The molecular formula is C25H23ClN2O4S. The fourth-order valence-corrected chi connectivity index (χ4v) is 5.16. The number of hydrogen-bond acceptors (Lipinski definition) is 5. The summed E-state index contributed by atoms with van der Waals surface area (Å²) >= 11 is 7.61. The van der Waals surface area contributed by atoms with Crippen molar-refractivity contribution < 1.29 is 19.1 Å². The summed E-state index contributed by atoms with van der Waals surface area (Å²) in [6.45, 7) is -0.0957. The highest BCUT2D eigenvalue weighted by atomic mass is 35.5. The predicted molar refractivity (Wildman–Crippen MR) is 132 cm³/mol. The van der Waals surface area contributed by atoms with Gasteiger partial charge in [0.05, 0.1) is 19.9 Å². The van der Waals surface area contributed by atoms with Crippen LogP contribution in [0.25, 0.3) is 0 Å². The normalized spacial score (nSPS) is 15.4. The minimum Gasteiger partial charge on any atom is -0.493 e. The second-order valence-corrected chi connectivity index (χ2v) is 9.11. The van der Waals surface area contributed by atoms with Crippen LogP contribution < -0.4 is 19.7 Å². The quantitative estimate of drug-likeness (QED) is 0.497. The maximum absolute atomic E-state index is 13.3. The summed E-state index contributed by atoms with van der Waals surface area (Å²) in [5.74, 6) is 0.813. The molecule has 0 saturated heterocycles. The maximum atomic E-state index is 13.3. The van der Waals surface area contributed by atoms with Gasteiger partial charge in [-0.2, -0.15) is 0 Å². The van der Waals surface area contributed by atoms with Crippen LogP contribution in [0.5, 0.6) is 11.5 Å². The van der Waals surface area contributed by atoms with Gasteiger partial charge in [0.1, 0.15) is 6.54 Å². The Kier molecular flexibility index (Phi) is 7.11. The Balaban J connectivity index is 1.60. The molecule has 0 aliphatic carbocycles. The Morgan fingerprint density at radius 1 is 1.06 bits per heavy atom. The van der Waals surface area contributed by atoms with E-state index in [-0.39, 0.29) is 30.0 Å². The molecule has 0 aromatic heterocycles. The molecule has 0 bridgehead atoms. The van der Waals surface area contributed by atoms with Gasteiger partial charge in [-0.1, -0.05) is 35.9 Å². The summed E-state index contributed by atoms with van der Waals surface area (Å²) in [5.41, 5.74) is 2.25. The highest BCUT2D eigenvalue weighted by Crippen LogP contribution is 2.46. The third kappa shape index (κ3) is 5.26. The van der Waals surface area contributed by atoms with Crippen molar-refractivity contribution in [2.45, 2.75) is 16.6 Å². The van der Waals surface area contributed by atoms with Crippen LogP contribution >= 0.6 is 23.4 Å². The number of nitrogens with one attached hydrogen (secondary N) is 1. The highest BCUT2D eigenvalue weighted by Gasteiger charge is 2.30. The summed E-state index contributed by atoms with van der Waals surface area (Å²) in [4.78, 5) is 28.6. The Labute approximate surface area is 201 Å². The number of amides is 2. The molecule has 1 aliphatic rings. The number of halogens is 1. The summed E-state index contributed by atoms with van der Waals surface area (Å²) in [5, 5.41) is 3.20. The van der Waals surface area contributed by atoms with E-state index >= 15 is 0 Å². The molecule has 0 unspecified atom stereocenters. The van der Waals surface area contributed by atoms with Gasteiger partial charge >= 0.3 is 0 Å². The monoisotopic (exact) mass is 482 g/mol. The van der Waals surface area contributed by atoms with E-state index in [1.807, 2.05) is 42.5 Å². The van der Waals surface area contributed by atoms with Crippen LogP contribution in [0.4, 0.5) is 11.4 Å². The van der Waals surface area contributed by atoms with Crippen LogP contribution in [0.3, 0.4) is 0 Å². The Hall–Kier alpha value is -3.16. The molecular weight excluding hydrogens is 460 g/mol. The van der Waals surface area contributed by atoms with Crippen molar-refractivity contribution in [1.82, 2.24) is 0 Å². The molecule has 3 aromatic rings. The number of benzene rings is 3. The van der Waals surface area contributed by atoms with Crippen LogP contribution in [-0.2, 0) is 9.59 Å². The molecule has 2 amide bonds. The fourth-order valence-electron chi connectivity index (χ4n) is 3.70. The van der Waals surface area contributed by atoms with Gasteiger partial charge in [0.15, 0.2) is 11.5 Å². The Morgan fingerprint density at radius 2 is 1.85 bits per heavy atom. The van der Waals surface area contributed by atoms with E-state index in [9.17, 15) is 9.59 Å². The number of ether oxygens (including phenoxy) is 2. The minimum atomic E-state index is -0.296. The Morgan fingerprint density at radius 3 is 2.61 bits per heavy atom. The van der Waals surface area contributed by atoms with Crippen LogP contribution in [0.1, 0.15) is 17.2 Å². The summed E-state index contributed by atoms with van der Waals surface area (Å²) in [7, 11) is 3.17. The lowest BCUT2D eigenvalue weighted by atomic mass is 10.1. The fraction of sp³-hybridized carbons (Fsp3) is 0.200. The molecule has 1 aliphatic heterocycles. The molecule has 0 fully saturated rings. The number of thioether (sulfide) groups is 1. The standard InChI is InChI=1S/C25H23ClN2O4S/c1-31-20-11-10-16(12-21(20)32-2)23-14-25(30)28(19-8-3-4-9-22(19)33-23)15-24(29)27-18-7-5-6-17(26)13-18/h3-13,23H,14-15H2,1-2H3,(H,27,29)/t23-/m1/s1. The zero-order chi connectivity index (χ0) is 23.4. The zero-order valence-electron chi connectivity index (χ0n) is 18.2. The predicted octanol–water partition coefficient (Wildman–Crippen LogP) is 5.57. The van der Waals surface area contributed by atoms with Gasteiger partial charge < -0.3 is 19.7 Å². The van der Waals surface area contributed by atoms with Crippen molar-refractivity contribution in [2.75, 3.05) is 31.0 Å². The van der Waals surface area contributed by atoms with Gasteiger partial charge in [-0.3, -0.25) is 9.59 Å². The van der Waals surface area contributed by atoms with Crippen molar-refractivity contribution in [3.63, 3.8) is 0 Å². The second-order valence-electron chi connectivity index (χ2n) is 7.43. The third-order valence-corrected chi connectivity index (χ3v) is 6.83. The molecule has 1 N–H and O–H groups in total. The lowest BCUT2D eigenvalue weighted by molar-refractivity contribution is -0.121. The van der Waals surface area contributed by atoms with Crippen LogP contribution in [0.15, 0.2) is 71.6 Å². The van der Waals surface area contributed by atoms with E-state index in [1.165, 1.54) is 0 Å². The second kappa shape index (κ2) is 10.2. The number of rotatable bonds is 6. The molecule has 4 rings (SSSR count). The number of methoxy groups -OCH3 is 2. The third-order valence-electron chi connectivity index (χ3n) is 5.28. The average Bonchev–Trinajstić information content (AvgIpc) is 2.95. The number of nitrogens with zero attached hydrogens (tertiary/aromatic N) is 1. The largest absolute Gasteiger partial charge is 0.493 e. The molecule has 1 heterocycles. The first-order valence-electron chi connectivity index (χ1n) is 10.3. The maximum Gasteiger partial charge on any atom is 0.244 e. The van der Waals surface area contributed by atoms with E-state index in [0.29, 0.717) is 22.2 Å². The van der Waals surface area contributed by atoms with Gasteiger partial charge in [0.25, 0.3) is 0 Å². The van der Waals surface area contributed by atoms with Crippen molar-refractivity contribution in [2.24, 2.45) is 0 Å². The molecule has 33 heavy (non-hydrogen) atoms. The Bertz CT molecular complexity index is 1190. The summed E-state index contributed by atoms with van der Waals surface area (Å²) in [6, 6.07) is 20.2. The lowest BCUT2D eigenvalue weighted by Crippen LogP contribution is -2.38. The molecule has 170 valence electrons. The van der Waals surface area contributed by atoms with Crippen molar-refractivity contribution in [3.05, 3.63) is 77.3 Å². The molecule has 3 aromatic carbocycles. The molecule has 0 spiro atoms. The van der Waals surface area contributed by atoms with Crippen LogP contribution in [0.2, 0.25) is 5.02 Å². The van der Waals surface area contributed by atoms with Gasteiger partial charge in [-0.05, 0) is 48.0 Å². The van der Waals surface area contributed by atoms with E-state index < -0.39 is 0 Å². The molecule has 0 radical (unpaired) electrons. The zero-order valence-corrected chi connectivity index (χ0v) is 19.8. The van der Waals surface area contributed by atoms with E-state index in [0.717, 1.165) is 16.1 Å². The summed E-state index contributed by atoms with van der Waals surface area (Å²) < 4.78 is 10.8. The number of fused-ring (bicyclic) bond motifs is 1. The SMILES string of the molecule is COc1ccc([C@H]2CC(=O)N(CC(=O)Nc3cccc(Cl)c3)c3ccccc3S2)cc1OC. The van der Waals surface area contributed by atoms with Gasteiger partial charge in [-0.15, -0.1) is 11.8 Å². The molecule has 6 nitrogen and oxygen atoms in total. The van der Waals surface area contributed by atoms with Crippen molar-refractivity contribution in [1.29, 1.82) is 0 Å². The smallest absolute Gasteiger partial charge is 0.244 e. The first kappa shape index (κ1) is 23.0. The molecule has 0 saturated carbocycles. The van der Waals surface area contributed by atoms with E-state index in [4.69, 9.17) is 21.1 Å². The average molecular weight is 483 g/mol. The lowest BCUT2D eigenvalue weighted by Gasteiger charge is -2.22. The van der Waals surface area contributed by atoms with Crippen LogP contribution in [0, 0.1) is 0 Å². The number of carbonyl (C=O) groups excluding carboxylic acids is 2. The van der Waals surface area contributed by atoms with Crippen molar-refractivity contribution in [3.8, 4) is 11.5 Å². The van der Waals surface area contributed by atoms with E-state index in [1.54, 1.807) is 55.1 Å². The number of para-hydroxylation sites is 1.